The van der Waals surface area contributed by atoms with Crippen molar-refractivity contribution in [1.29, 1.82) is 0 Å². The predicted molar refractivity (Wildman–Crippen MR) is 85.1 cm³/mol. The molecule has 0 spiro atoms. The van der Waals surface area contributed by atoms with E-state index in [4.69, 9.17) is 5.73 Å². The van der Waals surface area contributed by atoms with Gasteiger partial charge < -0.3 is 5.73 Å². The Balaban J connectivity index is 2.27. The first-order chi connectivity index (χ1) is 9.06. The molecule has 0 aliphatic heterocycles. The summed E-state index contributed by atoms with van der Waals surface area (Å²) in [6, 6.07) is 9.54. The summed E-state index contributed by atoms with van der Waals surface area (Å²) in [6.45, 7) is 4.51. The second-order valence-electron chi connectivity index (χ2n) is 5.78. The van der Waals surface area contributed by atoms with Gasteiger partial charge in [0.15, 0.2) is 0 Å². The molecule has 19 heavy (non-hydrogen) atoms. The van der Waals surface area contributed by atoms with Gasteiger partial charge in [0.1, 0.15) is 0 Å². The molecule has 3 atom stereocenters. The lowest BCUT2D eigenvalue weighted by atomic mass is 9.95. The molecule has 106 valence electrons. The minimum Gasteiger partial charge on any atom is -0.326 e. The van der Waals surface area contributed by atoms with Crippen LogP contribution in [0.5, 0.6) is 0 Å². The van der Waals surface area contributed by atoms with Crippen molar-refractivity contribution in [2.75, 3.05) is 7.05 Å². The van der Waals surface area contributed by atoms with Gasteiger partial charge in [-0.1, -0.05) is 41.1 Å². The average Bonchev–Trinajstić information content (AvgIpc) is 3.24. The van der Waals surface area contributed by atoms with Crippen LogP contribution in [-0.4, -0.2) is 24.0 Å². The summed E-state index contributed by atoms with van der Waals surface area (Å²) in [5, 5.41) is 0. The van der Waals surface area contributed by atoms with Crippen molar-refractivity contribution in [3.63, 3.8) is 0 Å². The molecule has 1 aromatic carbocycles. The fraction of sp³-hybridized carbons (Fsp3) is 0.625. The smallest absolute Gasteiger partial charge is 0.0510 e. The molecule has 3 heteroatoms. The van der Waals surface area contributed by atoms with Crippen molar-refractivity contribution in [2.24, 2.45) is 11.7 Å². The molecular weight excluding hydrogens is 300 g/mol. The minimum absolute atomic E-state index is 0.171. The van der Waals surface area contributed by atoms with Gasteiger partial charge in [-0.05, 0) is 50.8 Å². The summed E-state index contributed by atoms with van der Waals surface area (Å²) < 4.78 is 1.17. The van der Waals surface area contributed by atoms with Gasteiger partial charge in [0.05, 0.1) is 6.04 Å². The van der Waals surface area contributed by atoms with Crippen molar-refractivity contribution in [2.45, 2.75) is 51.2 Å². The van der Waals surface area contributed by atoms with Crippen LogP contribution in [-0.2, 0) is 0 Å². The van der Waals surface area contributed by atoms with E-state index in [0.29, 0.717) is 6.04 Å². The van der Waals surface area contributed by atoms with Crippen LogP contribution in [0.2, 0.25) is 0 Å². The SMILES string of the molecule is CCC(N)C(c1ccccc1Br)N(C)C(C)C1CC1. The van der Waals surface area contributed by atoms with E-state index in [0.717, 1.165) is 12.3 Å². The van der Waals surface area contributed by atoms with E-state index in [2.05, 4.69) is 66.0 Å². The number of nitrogens with zero attached hydrogens (tertiary/aromatic N) is 1. The number of hydrogen-bond donors (Lipinski definition) is 1. The molecule has 0 heterocycles. The van der Waals surface area contributed by atoms with Crippen LogP contribution in [0.4, 0.5) is 0 Å². The van der Waals surface area contributed by atoms with Crippen LogP contribution in [0.25, 0.3) is 0 Å². The quantitative estimate of drug-likeness (QED) is 0.858. The van der Waals surface area contributed by atoms with E-state index in [1.165, 1.54) is 22.9 Å². The number of likely N-dealkylation sites (N-methyl/N-ethyl adjacent to an activating group) is 1. The number of halogens is 1. The largest absolute Gasteiger partial charge is 0.326 e. The Hall–Kier alpha value is -0.380. The monoisotopic (exact) mass is 324 g/mol. The predicted octanol–water partition coefficient (Wildman–Crippen LogP) is 3.96. The third kappa shape index (κ3) is 3.39. The number of benzene rings is 1. The van der Waals surface area contributed by atoms with Crippen molar-refractivity contribution in [3.8, 4) is 0 Å². The zero-order chi connectivity index (χ0) is 14.0. The number of nitrogens with two attached hydrogens (primary N) is 1. The molecule has 1 aliphatic carbocycles. The third-order valence-electron chi connectivity index (χ3n) is 4.49. The lowest BCUT2D eigenvalue weighted by molar-refractivity contribution is 0.143. The molecule has 1 aliphatic rings. The first-order valence-corrected chi connectivity index (χ1v) is 8.07. The molecule has 0 radical (unpaired) electrons. The molecule has 1 saturated carbocycles. The maximum atomic E-state index is 6.41. The molecule has 2 nitrogen and oxygen atoms in total. The summed E-state index contributed by atoms with van der Waals surface area (Å²) in [6.07, 6.45) is 3.73. The summed E-state index contributed by atoms with van der Waals surface area (Å²) in [4.78, 5) is 2.48. The van der Waals surface area contributed by atoms with Crippen molar-refractivity contribution in [3.05, 3.63) is 34.3 Å². The van der Waals surface area contributed by atoms with E-state index in [9.17, 15) is 0 Å². The standard InChI is InChI=1S/C16H25BrN2/c1-4-15(18)16(13-7-5-6-8-14(13)17)19(3)11(2)12-9-10-12/h5-8,11-12,15-16H,4,9-10,18H2,1-3H3. The molecule has 3 unspecified atom stereocenters. The second kappa shape index (κ2) is 6.38. The van der Waals surface area contributed by atoms with Gasteiger partial charge in [-0.25, -0.2) is 0 Å². The average molecular weight is 325 g/mol. The van der Waals surface area contributed by atoms with Crippen molar-refractivity contribution >= 4 is 15.9 Å². The Kier molecular flexibility index (Phi) is 5.04. The van der Waals surface area contributed by atoms with Crippen LogP contribution in [0.3, 0.4) is 0 Å². The number of rotatable bonds is 6. The Labute approximate surface area is 125 Å². The summed E-state index contributed by atoms with van der Waals surface area (Å²) in [5.74, 6) is 0.860. The molecular formula is C16H25BrN2. The fourth-order valence-electron chi connectivity index (χ4n) is 2.85. The van der Waals surface area contributed by atoms with Gasteiger partial charge in [-0.3, -0.25) is 4.90 Å². The van der Waals surface area contributed by atoms with E-state index < -0.39 is 0 Å². The molecule has 0 amide bonds. The molecule has 1 aromatic rings. The molecule has 0 aromatic heterocycles. The molecule has 0 saturated heterocycles. The van der Waals surface area contributed by atoms with Gasteiger partial charge in [0.25, 0.3) is 0 Å². The molecule has 2 rings (SSSR count). The lowest BCUT2D eigenvalue weighted by Crippen LogP contribution is -2.43. The number of hydrogen-bond acceptors (Lipinski definition) is 2. The topological polar surface area (TPSA) is 29.3 Å². The molecule has 0 bridgehead atoms. The van der Waals surface area contributed by atoms with Gasteiger partial charge in [0, 0.05) is 16.6 Å². The Morgan fingerprint density at radius 2 is 2.00 bits per heavy atom. The van der Waals surface area contributed by atoms with Gasteiger partial charge in [-0.2, -0.15) is 0 Å². The highest BCUT2D eigenvalue weighted by atomic mass is 79.9. The Bertz CT molecular complexity index is 417. The lowest BCUT2D eigenvalue weighted by Gasteiger charge is -2.37. The summed E-state index contributed by atoms with van der Waals surface area (Å²) in [7, 11) is 2.22. The Morgan fingerprint density at radius 3 is 2.53 bits per heavy atom. The van der Waals surface area contributed by atoms with Crippen molar-refractivity contribution in [1.82, 2.24) is 4.90 Å². The highest BCUT2D eigenvalue weighted by Gasteiger charge is 2.35. The molecule has 1 fully saturated rings. The van der Waals surface area contributed by atoms with E-state index >= 15 is 0 Å². The fourth-order valence-corrected chi connectivity index (χ4v) is 3.37. The summed E-state index contributed by atoms with van der Waals surface area (Å²) >= 11 is 3.68. The van der Waals surface area contributed by atoms with E-state index in [1.54, 1.807) is 0 Å². The van der Waals surface area contributed by atoms with E-state index in [1.807, 2.05) is 0 Å². The van der Waals surface area contributed by atoms with Crippen LogP contribution in [0, 0.1) is 5.92 Å². The summed E-state index contributed by atoms with van der Waals surface area (Å²) in [5.41, 5.74) is 7.73. The minimum atomic E-state index is 0.171. The van der Waals surface area contributed by atoms with Crippen molar-refractivity contribution < 1.29 is 0 Å². The van der Waals surface area contributed by atoms with Gasteiger partial charge >= 0.3 is 0 Å². The first kappa shape index (κ1) is 15.0. The second-order valence-corrected chi connectivity index (χ2v) is 6.64. The van der Waals surface area contributed by atoms with Gasteiger partial charge in [0.2, 0.25) is 0 Å². The van der Waals surface area contributed by atoms with Gasteiger partial charge in [-0.15, -0.1) is 0 Å². The van der Waals surface area contributed by atoms with Crippen LogP contribution in [0.15, 0.2) is 28.7 Å². The zero-order valence-corrected chi connectivity index (χ0v) is 13.7. The maximum Gasteiger partial charge on any atom is 0.0510 e. The third-order valence-corrected chi connectivity index (χ3v) is 5.21. The van der Waals surface area contributed by atoms with Crippen LogP contribution in [0.1, 0.15) is 44.7 Å². The highest BCUT2D eigenvalue weighted by Crippen LogP contribution is 2.39. The first-order valence-electron chi connectivity index (χ1n) is 7.28. The zero-order valence-electron chi connectivity index (χ0n) is 12.1. The Morgan fingerprint density at radius 1 is 1.37 bits per heavy atom. The van der Waals surface area contributed by atoms with E-state index in [-0.39, 0.29) is 12.1 Å². The van der Waals surface area contributed by atoms with Crippen LogP contribution < -0.4 is 5.73 Å². The molecule has 2 N–H and O–H groups in total. The maximum absolute atomic E-state index is 6.41. The highest BCUT2D eigenvalue weighted by molar-refractivity contribution is 9.10. The normalized spacial score (nSPS) is 20.3. The van der Waals surface area contributed by atoms with Crippen LogP contribution >= 0.6 is 15.9 Å².